The van der Waals surface area contributed by atoms with Crippen molar-refractivity contribution in [1.82, 2.24) is 4.98 Å². The van der Waals surface area contributed by atoms with E-state index in [1.165, 1.54) is 18.4 Å². The molecule has 0 spiro atoms. The van der Waals surface area contributed by atoms with Crippen LogP contribution in [0, 0.1) is 0 Å². The number of esters is 1. The second-order valence-corrected chi connectivity index (χ2v) is 5.58. The van der Waals surface area contributed by atoms with Gasteiger partial charge < -0.3 is 15.2 Å². The predicted octanol–water partition coefficient (Wildman–Crippen LogP) is 2.20. The zero-order valence-electron chi connectivity index (χ0n) is 11.9. The highest BCUT2D eigenvalue weighted by Crippen LogP contribution is 2.22. The number of rotatable bonds is 7. The standard InChI is InChI=1S/C15H18N2O3S/c1-19-14(18)9-12-13(21-15(16)17-12)7-8-20-10-11-5-3-2-4-6-11/h2-6H,7-10H2,1H3,(H2,16,17). The third-order valence-electron chi connectivity index (χ3n) is 2.92. The summed E-state index contributed by atoms with van der Waals surface area (Å²) in [5, 5.41) is 0.465. The second kappa shape index (κ2) is 7.75. The quantitative estimate of drug-likeness (QED) is 0.627. The SMILES string of the molecule is COC(=O)Cc1nc(N)sc1CCOCc1ccccc1. The van der Waals surface area contributed by atoms with E-state index in [9.17, 15) is 4.79 Å². The number of thiazole rings is 1. The average Bonchev–Trinajstić information content (AvgIpc) is 2.84. The van der Waals surface area contributed by atoms with Crippen molar-refractivity contribution < 1.29 is 14.3 Å². The van der Waals surface area contributed by atoms with E-state index in [2.05, 4.69) is 9.72 Å². The monoisotopic (exact) mass is 306 g/mol. The molecule has 2 N–H and O–H groups in total. The molecule has 0 bridgehead atoms. The summed E-state index contributed by atoms with van der Waals surface area (Å²) in [4.78, 5) is 16.5. The van der Waals surface area contributed by atoms with Crippen molar-refractivity contribution in [3.8, 4) is 0 Å². The maximum Gasteiger partial charge on any atom is 0.311 e. The second-order valence-electron chi connectivity index (χ2n) is 4.46. The first-order valence-electron chi connectivity index (χ1n) is 6.61. The number of ether oxygens (including phenoxy) is 2. The normalized spacial score (nSPS) is 10.5. The Hall–Kier alpha value is -1.92. The highest BCUT2D eigenvalue weighted by molar-refractivity contribution is 7.15. The molecule has 112 valence electrons. The van der Waals surface area contributed by atoms with Crippen LogP contribution >= 0.6 is 11.3 Å². The van der Waals surface area contributed by atoms with Crippen LogP contribution in [-0.4, -0.2) is 24.7 Å². The van der Waals surface area contributed by atoms with Crippen LogP contribution in [0.25, 0.3) is 0 Å². The minimum absolute atomic E-state index is 0.151. The Morgan fingerprint density at radius 3 is 2.81 bits per heavy atom. The van der Waals surface area contributed by atoms with Crippen LogP contribution in [0.2, 0.25) is 0 Å². The summed E-state index contributed by atoms with van der Waals surface area (Å²) in [7, 11) is 1.36. The van der Waals surface area contributed by atoms with Crippen molar-refractivity contribution in [3.05, 3.63) is 46.5 Å². The highest BCUT2D eigenvalue weighted by Gasteiger charge is 2.13. The number of methoxy groups -OCH3 is 1. The van der Waals surface area contributed by atoms with E-state index in [-0.39, 0.29) is 12.4 Å². The fourth-order valence-electron chi connectivity index (χ4n) is 1.87. The molecule has 0 fully saturated rings. The van der Waals surface area contributed by atoms with E-state index >= 15 is 0 Å². The Morgan fingerprint density at radius 1 is 1.33 bits per heavy atom. The van der Waals surface area contributed by atoms with Crippen molar-refractivity contribution in [2.24, 2.45) is 0 Å². The molecular weight excluding hydrogens is 288 g/mol. The molecule has 2 aromatic rings. The molecule has 1 heterocycles. The van der Waals surface area contributed by atoms with Crippen molar-refractivity contribution in [1.29, 1.82) is 0 Å². The van der Waals surface area contributed by atoms with Crippen LogP contribution in [0.15, 0.2) is 30.3 Å². The van der Waals surface area contributed by atoms with Gasteiger partial charge in [-0.15, -0.1) is 11.3 Å². The molecule has 0 aliphatic carbocycles. The van der Waals surface area contributed by atoms with Crippen LogP contribution in [0.5, 0.6) is 0 Å². The largest absolute Gasteiger partial charge is 0.469 e. The number of aromatic nitrogens is 1. The van der Waals surface area contributed by atoms with E-state index in [1.54, 1.807) is 0 Å². The maximum atomic E-state index is 11.3. The zero-order valence-corrected chi connectivity index (χ0v) is 12.7. The molecule has 0 aliphatic heterocycles. The number of carbonyl (C=O) groups is 1. The highest BCUT2D eigenvalue weighted by atomic mass is 32.1. The Bertz CT molecular complexity index is 584. The Labute approximate surface area is 127 Å². The van der Waals surface area contributed by atoms with E-state index < -0.39 is 0 Å². The molecule has 0 atom stereocenters. The Kier molecular flexibility index (Phi) is 5.71. The van der Waals surface area contributed by atoms with Gasteiger partial charge in [0.15, 0.2) is 5.13 Å². The van der Waals surface area contributed by atoms with Gasteiger partial charge in [0, 0.05) is 11.3 Å². The van der Waals surface area contributed by atoms with Gasteiger partial charge in [0.25, 0.3) is 0 Å². The van der Waals surface area contributed by atoms with Crippen LogP contribution in [0.1, 0.15) is 16.1 Å². The number of nitrogens with zero attached hydrogens (tertiary/aromatic N) is 1. The van der Waals surface area contributed by atoms with Gasteiger partial charge in [0.05, 0.1) is 32.4 Å². The molecule has 1 aromatic carbocycles. The lowest BCUT2D eigenvalue weighted by atomic mass is 10.2. The molecule has 0 aliphatic rings. The molecule has 0 unspecified atom stereocenters. The van der Waals surface area contributed by atoms with Crippen molar-refractivity contribution in [3.63, 3.8) is 0 Å². The first kappa shape index (κ1) is 15.5. The molecule has 0 saturated carbocycles. The Balaban J connectivity index is 1.84. The Morgan fingerprint density at radius 2 is 2.10 bits per heavy atom. The lowest BCUT2D eigenvalue weighted by Gasteiger charge is -2.04. The van der Waals surface area contributed by atoms with Gasteiger partial charge in [0.1, 0.15) is 0 Å². The summed E-state index contributed by atoms with van der Waals surface area (Å²) in [6.07, 6.45) is 0.840. The average molecular weight is 306 g/mol. The summed E-state index contributed by atoms with van der Waals surface area (Å²) < 4.78 is 10.3. The first-order chi connectivity index (χ1) is 10.2. The molecule has 1 aromatic heterocycles. The number of hydrogen-bond acceptors (Lipinski definition) is 6. The number of anilines is 1. The minimum atomic E-state index is -0.313. The molecule has 0 radical (unpaired) electrons. The summed E-state index contributed by atoms with van der Waals surface area (Å²) in [6.45, 7) is 1.13. The number of carbonyl (C=O) groups excluding carboxylic acids is 1. The van der Waals surface area contributed by atoms with Crippen LogP contribution in [0.3, 0.4) is 0 Å². The summed E-state index contributed by atoms with van der Waals surface area (Å²) in [5.41, 5.74) is 7.53. The number of hydrogen-bond donors (Lipinski definition) is 1. The van der Waals surface area contributed by atoms with Gasteiger partial charge >= 0.3 is 5.97 Å². The molecular formula is C15H18N2O3S. The van der Waals surface area contributed by atoms with Crippen LogP contribution in [-0.2, 0) is 33.7 Å². The molecule has 0 saturated heterocycles. The number of nitrogens with two attached hydrogens (primary N) is 1. The lowest BCUT2D eigenvalue weighted by Crippen LogP contribution is -2.08. The molecule has 0 amide bonds. The van der Waals surface area contributed by atoms with Crippen molar-refractivity contribution in [2.45, 2.75) is 19.4 Å². The van der Waals surface area contributed by atoms with E-state index in [4.69, 9.17) is 10.5 Å². The van der Waals surface area contributed by atoms with E-state index in [1.807, 2.05) is 30.3 Å². The van der Waals surface area contributed by atoms with Crippen molar-refractivity contribution >= 4 is 22.4 Å². The van der Waals surface area contributed by atoms with Crippen LogP contribution in [0.4, 0.5) is 5.13 Å². The fourth-order valence-corrected chi connectivity index (χ4v) is 2.70. The predicted molar refractivity (Wildman–Crippen MR) is 82.0 cm³/mol. The van der Waals surface area contributed by atoms with Gasteiger partial charge in [-0.2, -0.15) is 0 Å². The third kappa shape index (κ3) is 4.84. The van der Waals surface area contributed by atoms with Crippen LogP contribution < -0.4 is 5.73 Å². The number of nitrogen functional groups attached to an aromatic ring is 1. The fraction of sp³-hybridized carbons (Fsp3) is 0.333. The smallest absolute Gasteiger partial charge is 0.311 e. The molecule has 2 rings (SSSR count). The zero-order chi connectivity index (χ0) is 15.1. The lowest BCUT2D eigenvalue weighted by molar-refractivity contribution is -0.139. The molecule has 21 heavy (non-hydrogen) atoms. The summed E-state index contributed by atoms with van der Waals surface area (Å²) in [5.74, 6) is -0.313. The maximum absolute atomic E-state index is 11.3. The van der Waals surface area contributed by atoms with E-state index in [0.717, 1.165) is 10.4 Å². The molecule has 5 nitrogen and oxygen atoms in total. The molecule has 6 heteroatoms. The minimum Gasteiger partial charge on any atom is -0.469 e. The van der Waals surface area contributed by atoms with E-state index in [0.29, 0.717) is 30.5 Å². The topological polar surface area (TPSA) is 74.4 Å². The third-order valence-corrected chi connectivity index (χ3v) is 3.91. The van der Waals surface area contributed by atoms with Gasteiger partial charge in [-0.1, -0.05) is 30.3 Å². The van der Waals surface area contributed by atoms with Crippen molar-refractivity contribution in [2.75, 3.05) is 19.5 Å². The summed E-state index contributed by atoms with van der Waals surface area (Å²) >= 11 is 1.39. The van der Waals surface area contributed by atoms with Gasteiger partial charge in [0.2, 0.25) is 0 Å². The van der Waals surface area contributed by atoms with Gasteiger partial charge in [-0.3, -0.25) is 4.79 Å². The van der Waals surface area contributed by atoms with Gasteiger partial charge in [-0.05, 0) is 5.56 Å². The first-order valence-corrected chi connectivity index (χ1v) is 7.43. The number of benzene rings is 1. The van der Waals surface area contributed by atoms with Gasteiger partial charge in [-0.25, -0.2) is 4.98 Å². The summed E-state index contributed by atoms with van der Waals surface area (Å²) in [6, 6.07) is 9.98.